The molecule has 0 radical (unpaired) electrons. The van der Waals surface area contributed by atoms with Crippen LogP contribution in [-0.2, 0) is 16.0 Å². The number of carbonyl (C=O) groups is 1. The van der Waals surface area contributed by atoms with E-state index in [-0.39, 0.29) is 30.5 Å². The minimum Gasteiger partial charge on any atom is -0.486 e. The zero-order chi connectivity index (χ0) is 16.2. The van der Waals surface area contributed by atoms with Gasteiger partial charge in [0.25, 0.3) is 0 Å². The first-order chi connectivity index (χ1) is 11.2. The average Bonchev–Trinajstić information content (AvgIpc) is 3.04. The van der Waals surface area contributed by atoms with E-state index in [0.29, 0.717) is 49.2 Å². The van der Waals surface area contributed by atoms with E-state index in [4.69, 9.17) is 31.5 Å². The molecule has 0 aliphatic carbocycles. The van der Waals surface area contributed by atoms with Crippen molar-refractivity contribution in [2.45, 2.75) is 31.5 Å². The van der Waals surface area contributed by atoms with Crippen molar-refractivity contribution < 1.29 is 19.0 Å². The fourth-order valence-electron chi connectivity index (χ4n) is 2.82. The highest BCUT2D eigenvalue weighted by atomic mass is 35.5. The quantitative estimate of drug-likeness (QED) is 0.816. The van der Waals surface area contributed by atoms with Gasteiger partial charge in [0.15, 0.2) is 11.5 Å². The molecule has 1 aromatic carbocycles. The second kappa shape index (κ2) is 8.76. The van der Waals surface area contributed by atoms with Crippen molar-refractivity contribution in [3.05, 3.63) is 22.7 Å². The monoisotopic (exact) mass is 376 g/mol. The summed E-state index contributed by atoms with van der Waals surface area (Å²) < 4.78 is 16.6. The molecular weight excluding hydrogens is 355 g/mol. The number of fused-ring (bicyclic) bond motifs is 1. The van der Waals surface area contributed by atoms with Gasteiger partial charge in [-0.05, 0) is 37.0 Å². The SMILES string of the molecule is Cl.NC[C@H]1CC[C@@H](C(=O)NCCc2cc(Cl)c3c(c2)OCCO3)O1. The molecule has 2 heterocycles. The van der Waals surface area contributed by atoms with Crippen molar-refractivity contribution in [3.63, 3.8) is 0 Å². The Kier molecular flexibility index (Phi) is 6.98. The molecule has 1 amide bonds. The molecule has 0 bridgehead atoms. The lowest BCUT2D eigenvalue weighted by molar-refractivity contribution is -0.131. The third-order valence-corrected chi connectivity index (χ3v) is 4.31. The highest BCUT2D eigenvalue weighted by molar-refractivity contribution is 6.32. The molecule has 3 N–H and O–H groups in total. The normalized spacial score (nSPS) is 21.9. The standard InChI is InChI=1S/C16H21ClN2O4.ClH/c17-12-7-10(8-14-15(12)22-6-5-21-14)3-4-19-16(20)13-2-1-11(9-18)23-13;/h7-8,11,13H,1-6,9,18H2,(H,19,20);1H/t11-,13+;/m1./s1. The summed E-state index contributed by atoms with van der Waals surface area (Å²) in [6.07, 6.45) is 1.85. The minimum atomic E-state index is -0.382. The summed E-state index contributed by atoms with van der Waals surface area (Å²) in [6, 6.07) is 3.75. The Balaban J connectivity index is 0.00000208. The number of hydrogen-bond acceptors (Lipinski definition) is 5. The Morgan fingerprint density at radius 1 is 1.29 bits per heavy atom. The Hall–Kier alpha value is -1.21. The van der Waals surface area contributed by atoms with Crippen molar-refractivity contribution in [3.8, 4) is 11.5 Å². The van der Waals surface area contributed by atoms with E-state index in [2.05, 4.69) is 5.32 Å². The topological polar surface area (TPSA) is 82.8 Å². The third-order valence-electron chi connectivity index (χ3n) is 4.03. The van der Waals surface area contributed by atoms with E-state index in [0.717, 1.165) is 18.4 Å². The van der Waals surface area contributed by atoms with Gasteiger partial charge in [-0.15, -0.1) is 12.4 Å². The second-order valence-electron chi connectivity index (χ2n) is 5.70. The summed E-state index contributed by atoms with van der Waals surface area (Å²) in [5.41, 5.74) is 6.54. The van der Waals surface area contributed by atoms with E-state index in [1.165, 1.54) is 0 Å². The summed E-state index contributed by atoms with van der Waals surface area (Å²) in [6.45, 7) is 2.00. The van der Waals surface area contributed by atoms with Crippen LogP contribution in [0.15, 0.2) is 12.1 Å². The van der Waals surface area contributed by atoms with E-state index < -0.39 is 0 Å². The third kappa shape index (κ3) is 4.45. The van der Waals surface area contributed by atoms with Crippen molar-refractivity contribution in [1.82, 2.24) is 5.32 Å². The van der Waals surface area contributed by atoms with Crippen molar-refractivity contribution >= 4 is 29.9 Å². The maximum absolute atomic E-state index is 12.0. The fourth-order valence-corrected chi connectivity index (χ4v) is 3.11. The van der Waals surface area contributed by atoms with Crippen LogP contribution < -0.4 is 20.5 Å². The van der Waals surface area contributed by atoms with Crippen LogP contribution in [0.4, 0.5) is 0 Å². The molecule has 134 valence electrons. The van der Waals surface area contributed by atoms with Crippen molar-refractivity contribution in [2.24, 2.45) is 5.73 Å². The lowest BCUT2D eigenvalue weighted by Gasteiger charge is -2.20. The van der Waals surface area contributed by atoms with Crippen LogP contribution in [0.25, 0.3) is 0 Å². The van der Waals surface area contributed by atoms with Crippen LogP contribution in [0.1, 0.15) is 18.4 Å². The molecule has 0 aromatic heterocycles. The molecule has 0 spiro atoms. The second-order valence-corrected chi connectivity index (χ2v) is 6.11. The maximum Gasteiger partial charge on any atom is 0.249 e. The maximum atomic E-state index is 12.0. The molecular formula is C16H22Cl2N2O4. The lowest BCUT2D eigenvalue weighted by atomic mass is 10.1. The first kappa shape index (κ1) is 19.1. The number of halogens is 2. The highest BCUT2D eigenvalue weighted by Crippen LogP contribution is 2.38. The zero-order valence-electron chi connectivity index (χ0n) is 13.3. The Morgan fingerprint density at radius 2 is 2.08 bits per heavy atom. The molecule has 24 heavy (non-hydrogen) atoms. The number of ether oxygens (including phenoxy) is 3. The summed E-state index contributed by atoms with van der Waals surface area (Å²) >= 11 is 6.20. The first-order valence-electron chi connectivity index (χ1n) is 7.88. The molecule has 2 aliphatic heterocycles. The van der Waals surface area contributed by atoms with Crippen molar-refractivity contribution in [2.75, 3.05) is 26.3 Å². The molecule has 6 nitrogen and oxygen atoms in total. The van der Waals surface area contributed by atoms with E-state index in [9.17, 15) is 4.79 Å². The predicted octanol–water partition coefficient (Wildman–Crippen LogP) is 1.70. The molecule has 0 saturated carbocycles. The van der Waals surface area contributed by atoms with Gasteiger partial charge in [0.1, 0.15) is 19.3 Å². The van der Waals surface area contributed by atoms with Crippen LogP contribution in [0, 0.1) is 0 Å². The minimum absolute atomic E-state index is 0. The number of amides is 1. The Bertz CT molecular complexity index is 585. The molecule has 2 atom stereocenters. The number of carbonyl (C=O) groups excluding carboxylic acids is 1. The number of nitrogens with two attached hydrogens (primary N) is 1. The van der Waals surface area contributed by atoms with E-state index in [1.54, 1.807) is 0 Å². The Labute approximate surface area is 152 Å². The van der Waals surface area contributed by atoms with Gasteiger partial charge in [0.2, 0.25) is 5.91 Å². The summed E-state index contributed by atoms with van der Waals surface area (Å²) in [4.78, 5) is 12.0. The molecule has 1 aromatic rings. The molecule has 3 rings (SSSR count). The van der Waals surface area contributed by atoms with Gasteiger partial charge in [-0.2, -0.15) is 0 Å². The van der Waals surface area contributed by atoms with Crippen LogP contribution >= 0.6 is 24.0 Å². The van der Waals surface area contributed by atoms with E-state index in [1.807, 2.05) is 12.1 Å². The predicted molar refractivity (Wildman–Crippen MR) is 93.4 cm³/mol. The Morgan fingerprint density at radius 3 is 2.83 bits per heavy atom. The summed E-state index contributed by atoms with van der Waals surface area (Å²) in [7, 11) is 0. The molecule has 2 aliphatic rings. The smallest absolute Gasteiger partial charge is 0.249 e. The van der Waals surface area contributed by atoms with Crippen LogP contribution in [0.2, 0.25) is 5.02 Å². The van der Waals surface area contributed by atoms with Crippen LogP contribution in [0.3, 0.4) is 0 Å². The number of hydrogen-bond donors (Lipinski definition) is 2. The largest absolute Gasteiger partial charge is 0.486 e. The summed E-state index contributed by atoms with van der Waals surface area (Å²) in [5, 5.41) is 3.43. The van der Waals surface area contributed by atoms with Crippen LogP contribution in [-0.4, -0.2) is 44.4 Å². The van der Waals surface area contributed by atoms with Crippen molar-refractivity contribution in [1.29, 1.82) is 0 Å². The van der Waals surface area contributed by atoms with Gasteiger partial charge in [-0.1, -0.05) is 11.6 Å². The summed E-state index contributed by atoms with van der Waals surface area (Å²) in [5.74, 6) is 1.18. The number of rotatable bonds is 5. The van der Waals surface area contributed by atoms with Gasteiger partial charge in [-0.25, -0.2) is 0 Å². The molecule has 1 saturated heterocycles. The van der Waals surface area contributed by atoms with Gasteiger partial charge in [0.05, 0.1) is 11.1 Å². The average molecular weight is 377 g/mol. The fraction of sp³-hybridized carbons (Fsp3) is 0.562. The number of nitrogens with one attached hydrogen (secondary N) is 1. The van der Waals surface area contributed by atoms with Gasteiger partial charge in [0, 0.05) is 13.1 Å². The number of benzene rings is 1. The molecule has 1 fully saturated rings. The highest BCUT2D eigenvalue weighted by Gasteiger charge is 2.29. The van der Waals surface area contributed by atoms with Gasteiger partial charge < -0.3 is 25.3 Å². The van der Waals surface area contributed by atoms with E-state index >= 15 is 0 Å². The molecule has 8 heteroatoms. The van der Waals surface area contributed by atoms with Crippen LogP contribution in [0.5, 0.6) is 11.5 Å². The van der Waals surface area contributed by atoms with Gasteiger partial charge >= 0.3 is 0 Å². The zero-order valence-corrected chi connectivity index (χ0v) is 14.8. The molecule has 0 unspecified atom stereocenters. The lowest BCUT2D eigenvalue weighted by Crippen LogP contribution is -2.36. The first-order valence-corrected chi connectivity index (χ1v) is 8.26. The van der Waals surface area contributed by atoms with Gasteiger partial charge in [-0.3, -0.25) is 4.79 Å².